The molecule has 1 aliphatic rings. The van der Waals surface area contributed by atoms with E-state index in [2.05, 4.69) is 32.6 Å². The molecule has 3 rings (SSSR count). The van der Waals surface area contributed by atoms with Gasteiger partial charge in [-0.1, -0.05) is 12.8 Å². The third-order valence-corrected chi connectivity index (χ3v) is 4.60. The third kappa shape index (κ3) is 5.62. The number of ether oxygens (including phenoxy) is 1. The van der Waals surface area contributed by atoms with Gasteiger partial charge in [0.25, 0.3) is 0 Å². The summed E-state index contributed by atoms with van der Waals surface area (Å²) in [5.74, 6) is 1.73. The van der Waals surface area contributed by atoms with Gasteiger partial charge in [0.1, 0.15) is 5.76 Å². The Balaban J connectivity index is 1.52. The molecule has 26 heavy (non-hydrogen) atoms. The smallest absolute Gasteiger partial charge is 0.191 e. The van der Waals surface area contributed by atoms with E-state index in [4.69, 9.17) is 14.3 Å². The zero-order valence-electron chi connectivity index (χ0n) is 15.5. The van der Waals surface area contributed by atoms with Crippen LogP contribution in [0.3, 0.4) is 0 Å². The van der Waals surface area contributed by atoms with Crippen LogP contribution in [-0.4, -0.2) is 42.5 Å². The molecule has 2 aromatic rings. The van der Waals surface area contributed by atoms with E-state index >= 15 is 0 Å². The topological polar surface area (TPSA) is 76.6 Å². The van der Waals surface area contributed by atoms with Gasteiger partial charge in [0.2, 0.25) is 0 Å². The van der Waals surface area contributed by atoms with Crippen LogP contribution in [0.15, 0.2) is 40.1 Å². The molecule has 0 unspecified atom stereocenters. The van der Waals surface area contributed by atoms with Gasteiger partial charge in [-0.2, -0.15) is 5.10 Å². The predicted molar refractivity (Wildman–Crippen MR) is 101 cm³/mol. The lowest BCUT2D eigenvalue weighted by molar-refractivity contribution is 0.203. The van der Waals surface area contributed by atoms with E-state index in [9.17, 15) is 0 Å². The summed E-state index contributed by atoms with van der Waals surface area (Å²) in [6.45, 7) is 2.65. The van der Waals surface area contributed by atoms with E-state index in [1.807, 2.05) is 12.1 Å². The van der Waals surface area contributed by atoms with Gasteiger partial charge < -0.3 is 19.8 Å². The number of aliphatic imine (C=N–C) groups is 1. The second-order valence-electron chi connectivity index (χ2n) is 6.57. The van der Waals surface area contributed by atoms with E-state index in [0.29, 0.717) is 25.7 Å². The van der Waals surface area contributed by atoms with E-state index in [1.54, 1.807) is 13.4 Å². The molecule has 2 heterocycles. The van der Waals surface area contributed by atoms with Gasteiger partial charge in [0, 0.05) is 32.8 Å². The molecule has 1 aliphatic carbocycles. The molecule has 7 nitrogen and oxygen atoms in total. The monoisotopic (exact) mass is 359 g/mol. The molecule has 0 radical (unpaired) electrons. The van der Waals surface area contributed by atoms with Gasteiger partial charge in [-0.3, -0.25) is 4.68 Å². The molecule has 2 aromatic heterocycles. The standard InChI is InChI=1S/C19H29N5O2/c1-25-14-11-21-19(20-10-8-18-7-4-13-26-18)22-15-16-9-12-24(23-16)17-5-2-3-6-17/h4,7,9,12-13,17H,2-3,5-6,8,10-11,14-15H2,1H3,(H2,20,21,22). The first-order valence-electron chi connectivity index (χ1n) is 9.42. The fourth-order valence-electron chi connectivity index (χ4n) is 3.20. The van der Waals surface area contributed by atoms with Crippen LogP contribution in [0, 0.1) is 0 Å². The fraction of sp³-hybridized carbons (Fsp3) is 0.579. The minimum absolute atomic E-state index is 0.558. The van der Waals surface area contributed by atoms with Crippen molar-refractivity contribution in [1.82, 2.24) is 20.4 Å². The van der Waals surface area contributed by atoms with Crippen molar-refractivity contribution in [3.8, 4) is 0 Å². The molecule has 0 saturated heterocycles. The molecule has 0 aromatic carbocycles. The Morgan fingerprint density at radius 1 is 1.31 bits per heavy atom. The SMILES string of the molecule is COCCNC(=NCc1ccn(C2CCCC2)n1)NCCc1ccco1. The second-order valence-corrected chi connectivity index (χ2v) is 6.57. The highest BCUT2D eigenvalue weighted by molar-refractivity contribution is 5.79. The maximum atomic E-state index is 5.36. The Morgan fingerprint density at radius 3 is 2.92 bits per heavy atom. The maximum Gasteiger partial charge on any atom is 0.191 e. The molecule has 0 amide bonds. The Bertz CT molecular complexity index is 659. The Kier molecular flexibility index (Phi) is 7.13. The lowest BCUT2D eigenvalue weighted by Gasteiger charge is -2.12. The number of nitrogens with zero attached hydrogens (tertiary/aromatic N) is 3. The molecule has 142 valence electrons. The summed E-state index contributed by atoms with van der Waals surface area (Å²) in [6.07, 6.45) is 9.70. The average molecular weight is 359 g/mol. The molecule has 7 heteroatoms. The van der Waals surface area contributed by atoms with Gasteiger partial charge in [-0.05, 0) is 31.0 Å². The zero-order chi connectivity index (χ0) is 18.0. The number of rotatable bonds is 9. The molecular formula is C19H29N5O2. The van der Waals surface area contributed by atoms with Gasteiger partial charge in [-0.15, -0.1) is 0 Å². The van der Waals surface area contributed by atoms with Gasteiger partial charge in [-0.25, -0.2) is 4.99 Å². The van der Waals surface area contributed by atoms with Crippen molar-refractivity contribution in [2.45, 2.75) is 44.7 Å². The van der Waals surface area contributed by atoms with Crippen LogP contribution in [0.5, 0.6) is 0 Å². The van der Waals surface area contributed by atoms with Crippen LogP contribution in [-0.2, 0) is 17.7 Å². The number of hydrogen-bond donors (Lipinski definition) is 2. The van der Waals surface area contributed by atoms with E-state index in [0.717, 1.165) is 30.4 Å². The first kappa shape index (κ1) is 18.5. The van der Waals surface area contributed by atoms with Crippen LogP contribution in [0.1, 0.15) is 43.2 Å². The highest BCUT2D eigenvalue weighted by atomic mass is 16.5. The van der Waals surface area contributed by atoms with Crippen molar-refractivity contribution in [3.05, 3.63) is 42.1 Å². The quantitative estimate of drug-likeness (QED) is 0.409. The van der Waals surface area contributed by atoms with Crippen LogP contribution in [0.4, 0.5) is 0 Å². The molecule has 0 spiro atoms. The molecule has 1 saturated carbocycles. The molecule has 1 fully saturated rings. The van der Waals surface area contributed by atoms with E-state index < -0.39 is 0 Å². The fourth-order valence-corrected chi connectivity index (χ4v) is 3.20. The maximum absolute atomic E-state index is 5.36. The number of aromatic nitrogens is 2. The van der Waals surface area contributed by atoms with Crippen molar-refractivity contribution < 1.29 is 9.15 Å². The summed E-state index contributed by atoms with van der Waals surface area (Å²) in [6, 6.07) is 6.52. The van der Waals surface area contributed by atoms with Crippen molar-refractivity contribution in [1.29, 1.82) is 0 Å². The lowest BCUT2D eigenvalue weighted by atomic mass is 10.3. The van der Waals surface area contributed by atoms with Gasteiger partial charge >= 0.3 is 0 Å². The second kappa shape index (κ2) is 10.0. The van der Waals surface area contributed by atoms with Crippen molar-refractivity contribution in [2.24, 2.45) is 4.99 Å². The Morgan fingerprint density at radius 2 is 2.15 bits per heavy atom. The Labute approximate surface area is 154 Å². The largest absolute Gasteiger partial charge is 0.469 e. The molecule has 0 bridgehead atoms. The van der Waals surface area contributed by atoms with Gasteiger partial charge in [0.15, 0.2) is 5.96 Å². The highest BCUT2D eigenvalue weighted by Gasteiger charge is 2.17. The number of nitrogens with one attached hydrogen (secondary N) is 2. The number of methoxy groups -OCH3 is 1. The molecular weight excluding hydrogens is 330 g/mol. The summed E-state index contributed by atoms with van der Waals surface area (Å²) in [7, 11) is 1.69. The number of hydrogen-bond acceptors (Lipinski definition) is 4. The minimum Gasteiger partial charge on any atom is -0.469 e. The minimum atomic E-state index is 0.558. The summed E-state index contributed by atoms with van der Waals surface area (Å²) in [4.78, 5) is 4.66. The zero-order valence-corrected chi connectivity index (χ0v) is 15.5. The number of guanidine groups is 1. The van der Waals surface area contributed by atoms with Gasteiger partial charge in [0.05, 0.1) is 31.2 Å². The van der Waals surface area contributed by atoms with Crippen LogP contribution >= 0.6 is 0 Å². The van der Waals surface area contributed by atoms with Crippen LogP contribution < -0.4 is 10.6 Å². The van der Waals surface area contributed by atoms with Crippen molar-refractivity contribution in [3.63, 3.8) is 0 Å². The first-order valence-corrected chi connectivity index (χ1v) is 9.42. The average Bonchev–Trinajstić information content (AvgIpc) is 3.41. The van der Waals surface area contributed by atoms with Crippen molar-refractivity contribution in [2.75, 3.05) is 26.8 Å². The highest BCUT2D eigenvalue weighted by Crippen LogP contribution is 2.28. The summed E-state index contributed by atoms with van der Waals surface area (Å²) in [5.41, 5.74) is 0.996. The van der Waals surface area contributed by atoms with E-state index in [-0.39, 0.29) is 0 Å². The first-order chi connectivity index (χ1) is 12.8. The predicted octanol–water partition coefficient (Wildman–Crippen LogP) is 2.52. The summed E-state index contributed by atoms with van der Waals surface area (Å²) < 4.78 is 12.6. The van der Waals surface area contributed by atoms with Crippen molar-refractivity contribution >= 4 is 5.96 Å². The molecule has 2 N–H and O–H groups in total. The third-order valence-electron chi connectivity index (χ3n) is 4.60. The van der Waals surface area contributed by atoms with Crippen LogP contribution in [0.2, 0.25) is 0 Å². The summed E-state index contributed by atoms with van der Waals surface area (Å²) >= 11 is 0. The van der Waals surface area contributed by atoms with E-state index in [1.165, 1.54) is 25.7 Å². The van der Waals surface area contributed by atoms with Crippen LogP contribution in [0.25, 0.3) is 0 Å². The Hall–Kier alpha value is -2.28. The summed E-state index contributed by atoms with van der Waals surface area (Å²) in [5, 5.41) is 11.3. The molecule has 0 aliphatic heterocycles. The normalized spacial score (nSPS) is 15.5. The number of furan rings is 1. The lowest BCUT2D eigenvalue weighted by Crippen LogP contribution is -2.40. The molecule has 0 atom stereocenters.